The average Bonchev–Trinajstić information content (AvgIpc) is 2.44. The maximum Gasteiger partial charge on any atom is 0.220 e. The Bertz CT molecular complexity index is 270. The lowest BCUT2D eigenvalue weighted by Gasteiger charge is -2.28. The Balaban J connectivity index is 2.19. The number of amides is 1. The van der Waals surface area contributed by atoms with Crippen molar-refractivity contribution in [1.29, 1.82) is 0 Å². The van der Waals surface area contributed by atoms with E-state index >= 15 is 0 Å². The molecule has 1 atom stereocenters. The summed E-state index contributed by atoms with van der Waals surface area (Å²) in [5.74, 6) is 2.77. The summed E-state index contributed by atoms with van der Waals surface area (Å²) in [5.41, 5.74) is 5.76. The van der Waals surface area contributed by atoms with E-state index in [0.717, 1.165) is 18.9 Å². The van der Waals surface area contributed by atoms with Crippen LogP contribution in [0, 0.1) is 23.7 Å². The lowest BCUT2D eigenvalue weighted by molar-refractivity contribution is -0.122. The molecule has 0 heterocycles. The predicted molar refractivity (Wildman–Crippen MR) is 85.4 cm³/mol. The fraction of sp³-hybridized carbons (Fsp3) is 0.941. The van der Waals surface area contributed by atoms with Crippen molar-refractivity contribution < 1.29 is 4.79 Å². The first-order valence-corrected chi connectivity index (χ1v) is 8.51. The van der Waals surface area contributed by atoms with Gasteiger partial charge in [-0.3, -0.25) is 4.79 Å². The van der Waals surface area contributed by atoms with Gasteiger partial charge in [0.2, 0.25) is 5.91 Å². The van der Waals surface area contributed by atoms with Gasteiger partial charge in [0.1, 0.15) is 0 Å². The van der Waals surface area contributed by atoms with E-state index in [-0.39, 0.29) is 5.91 Å². The molecule has 3 heteroatoms. The third kappa shape index (κ3) is 6.74. The molecule has 0 spiro atoms. The van der Waals surface area contributed by atoms with E-state index in [1.165, 1.54) is 32.1 Å². The second-order valence-corrected chi connectivity index (χ2v) is 7.03. The zero-order valence-corrected chi connectivity index (χ0v) is 13.7. The van der Waals surface area contributed by atoms with E-state index in [9.17, 15) is 4.79 Å². The summed E-state index contributed by atoms with van der Waals surface area (Å²) in [6.07, 6.45) is 8.21. The van der Waals surface area contributed by atoms with Gasteiger partial charge in [-0.15, -0.1) is 0 Å². The van der Waals surface area contributed by atoms with Crippen LogP contribution in [-0.2, 0) is 4.79 Å². The molecule has 1 fully saturated rings. The van der Waals surface area contributed by atoms with Crippen LogP contribution in [-0.4, -0.2) is 19.0 Å². The number of nitrogens with one attached hydrogen (secondary N) is 1. The minimum absolute atomic E-state index is 0.193. The molecule has 118 valence electrons. The van der Waals surface area contributed by atoms with Gasteiger partial charge in [0.15, 0.2) is 0 Å². The number of rotatable bonds is 8. The van der Waals surface area contributed by atoms with Crippen molar-refractivity contribution in [2.24, 2.45) is 29.4 Å². The van der Waals surface area contributed by atoms with Crippen LogP contribution in [0.5, 0.6) is 0 Å². The first-order valence-electron chi connectivity index (χ1n) is 8.51. The number of hydrogen-bond donors (Lipinski definition) is 2. The van der Waals surface area contributed by atoms with E-state index in [2.05, 4.69) is 26.1 Å². The summed E-state index contributed by atoms with van der Waals surface area (Å²) < 4.78 is 0. The Morgan fingerprint density at radius 2 is 1.80 bits per heavy atom. The lowest BCUT2D eigenvalue weighted by atomic mass is 9.81. The third-order valence-electron chi connectivity index (χ3n) is 4.74. The third-order valence-corrected chi connectivity index (χ3v) is 4.74. The zero-order chi connectivity index (χ0) is 15.0. The summed E-state index contributed by atoms with van der Waals surface area (Å²) in [4.78, 5) is 12.0. The summed E-state index contributed by atoms with van der Waals surface area (Å²) in [6, 6.07) is 0. The van der Waals surface area contributed by atoms with Crippen LogP contribution >= 0.6 is 0 Å². The normalized spacial score (nSPS) is 24.6. The Hall–Kier alpha value is -0.570. The first-order chi connectivity index (χ1) is 9.55. The highest BCUT2D eigenvalue weighted by Gasteiger charge is 2.21. The van der Waals surface area contributed by atoms with Crippen LogP contribution in [0.2, 0.25) is 0 Å². The highest BCUT2D eigenvalue weighted by molar-refractivity contribution is 5.76. The summed E-state index contributed by atoms with van der Waals surface area (Å²) in [6.45, 7) is 8.15. The summed E-state index contributed by atoms with van der Waals surface area (Å²) in [7, 11) is 0. The van der Waals surface area contributed by atoms with E-state index in [1.54, 1.807) is 0 Å². The van der Waals surface area contributed by atoms with Crippen LogP contribution in [0.4, 0.5) is 0 Å². The highest BCUT2D eigenvalue weighted by atomic mass is 16.1. The molecule has 0 radical (unpaired) electrons. The van der Waals surface area contributed by atoms with Crippen molar-refractivity contribution in [2.45, 2.75) is 65.7 Å². The molecule has 0 aromatic carbocycles. The number of nitrogens with two attached hydrogens (primary N) is 1. The minimum atomic E-state index is 0.193. The monoisotopic (exact) mass is 282 g/mol. The SMILES string of the molecule is CCC1CCC(CNC(=O)CC(CN)CC(C)C)CC1. The second-order valence-electron chi connectivity index (χ2n) is 7.03. The Kier molecular flexibility index (Phi) is 8.20. The zero-order valence-electron chi connectivity index (χ0n) is 13.7. The number of hydrogen-bond acceptors (Lipinski definition) is 2. The summed E-state index contributed by atoms with van der Waals surface area (Å²) >= 11 is 0. The lowest BCUT2D eigenvalue weighted by Crippen LogP contribution is -2.33. The molecular formula is C17H34N2O. The van der Waals surface area contributed by atoms with E-state index in [0.29, 0.717) is 30.7 Å². The fourth-order valence-corrected chi connectivity index (χ4v) is 3.37. The molecule has 1 aliphatic carbocycles. The van der Waals surface area contributed by atoms with Gasteiger partial charge in [0, 0.05) is 13.0 Å². The second kappa shape index (κ2) is 9.38. The topological polar surface area (TPSA) is 55.1 Å². The predicted octanol–water partition coefficient (Wildman–Crippen LogP) is 3.33. The quantitative estimate of drug-likeness (QED) is 0.717. The molecule has 3 nitrogen and oxygen atoms in total. The Morgan fingerprint density at radius 3 is 2.30 bits per heavy atom. The van der Waals surface area contributed by atoms with Crippen LogP contribution < -0.4 is 11.1 Å². The van der Waals surface area contributed by atoms with Gasteiger partial charge < -0.3 is 11.1 Å². The van der Waals surface area contributed by atoms with Crippen molar-refractivity contribution in [3.8, 4) is 0 Å². The Labute approximate surface area is 125 Å². The van der Waals surface area contributed by atoms with Crippen molar-refractivity contribution in [1.82, 2.24) is 5.32 Å². The van der Waals surface area contributed by atoms with Gasteiger partial charge >= 0.3 is 0 Å². The molecule has 0 aromatic heterocycles. The van der Waals surface area contributed by atoms with Crippen molar-refractivity contribution >= 4 is 5.91 Å². The smallest absolute Gasteiger partial charge is 0.220 e. The van der Waals surface area contributed by atoms with Crippen LogP contribution in [0.25, 0.3) is 0 Å². The molecule has 20 heavy (non-hydrogen) atoms. The highest BCUT2D eigenvalue weighted by Crippen LogP contribution is 2.30. The van der Waals surface area contributed by atoms with Crippen molar-refractivity contribution in [3.63, 3.8) is 0 Å². The van der Waals surface area contributed by atoms with Crippen LogP contribution in [0.15, 0.2) is 0 Å². The van der Waals surface area contributed by atoms with Crippen molar-refractivity contribution in [3.05, 3.63) is 0 Å². The van der Waals surface area contributed by atoms with Gasteiger partial charge in [0.05, 0.1) is 0 Å². The van der Waals surface area contributed by atoms with Crippen LogP contribution in [0.3, 0.4) is 0 Å². The van der Waals surface area contributed by atoms with Crippen LogP contribution in [0.1, 0.15) is 65.7 Å². The van der Waals surface area contributed by atoms with Gasteiger partial charge in [-0.05, 0) is 49.5 Å². The summed E-state index contributed by atoms with van der Waals surface area (Å²) in [5, 5.41) is 3.13. The molecule has 0 saturated heterocycles. The fourth-order valence-electron chi connectivity index (χ4n) is 3.37. The number of carbonyl (C=O) groups is 1. The molecule has 1 unspecified atom stereocenters. The molecule has 0 aliphatic heterocycles. The molecule has 3 N–H and O–H groups in total. The van der Waals surface area contributed by atoms with Crippen molar-refractivity contribution in [2.75, 3.05) is 13.1 Å². The van der Waals surface area contributed by atoms with Gasteiger partial charge in [0.25, 0.3) is 0 Å². The molecule has 1 aliphatic rings. The maximum atomic E-state index is 12.0. The van der Waals surface area contributed by atoms with Gasteiger partial charge in [-0.2, -0.15) is 0 Å². The average molecular weight is 282 g/mol. The van der Waals surface area contributed by atoms with E-state index in [1.807, 2.05) is 0 Å². The molecule has 0 bridgehead atoms. The maximum absolute atomic E-state index is 12.0. The standard InChI is InChI=1S/C17H34N2O/c1-4-14-5-7-15(8-6-14)12-19-17(20)10-16(11-18)9-13(2)3/h13-16H,4-12,18H2,1-3H3,(H,19,20). The molecule has 1 rings (SSSR count). The Morgan fingerprint density at radius 1 is 1.20 bits per heavy atom. The largest absolute Gasteiger partial charge is 0.356 e. The minimum Gasteiger partial charge on any atom is -0.356 e. The van der Waals surface area contributed by atoms with E-state index in [4.69, 9.17) is 5.73 Å². The van der Waals surface area contributed by atoms with Gasteiger partial charge in [-0.25, -0.2) is 0 Å². The number of carbonyl (C=O) groups excluding carboxylic acids is 1. The molecular weight excluding hydrogens is 248 g/mol. The molecule has 1 saturated carbocycles. The first kappa shape index (κ1) is 17.5. The van der Waals surface area contributed by atoms with Gasteiger partial charge in [-0.1, -0.05) is 40.0 Å². The molecule has 1 amide bonds. The molecule has 0 aromatic rings. The van der Waals surface area contributed by atoms with E-state index < -0.39 is 0 Å².